The van der Waals surface area contributed by atoms with Gasteiger partial charge in [-0.3, -0.25) is 14.3 Å². The van der Waals surface area contributed by atoms with Crippen molar-refractivity contribution in [3.63, 3.8) is 0 Å². The number of anilines is 1. The standard InChI is InChI=1S/C25H19N5O2/c1-30-23(17-7-3-2-4-8-17)21(15-26-30)24(31)27-18-13-11-16(12-14-18)22-19-9-5-6-10-20(19)25(32)29-28-22/h2-15H,1H3,(H,27,31)(H,29,32). The molecule has 0 aliphatic carbocycles. The molecule has 0 spiro atoms. The Morgan fingerprint density at radius 3 is 2.31 bits per heavy atom. The third-order valence-electron chi connectivity index (χ3n) is 5.34. The van der Waals surface area contributed by atoms with Crippen LogP contribution in [0.15, 0.2) is 89.9 Å². The Hall–Kier alpha value is -4.52. The van der Waals surface area contributed by atoms with Crippen molar-refractivity contribution in [1.82, 2.24) is 20.0 Å². The molecule has 0 unspecified atom stereocenters. The van der Waals surface area contributed by atoms with Gasteiger partial charge >= 0.3 is 0 Å². The van der Waals surface area contributed by atoms with E-state index in [1.165, 1.54) is 0 Å². The number of hydrogen-bond acceptors (Lipinski definition) is 4. The summed E-state index contributed by atoms with van der Waals surface area (Å²) in [5, 5.41) is 15.3. The molecular formula is C25H19N5O2. The number of benzene rings is 3. The van der Waals surface area contributed by atoms with Crippen LogP contribution in [0.5, 0.6) is 0 Å². The molecule has 0 saturated carbocycles. The second-order valence-corrected chi connectivity index (χ2v) is 7.37. The van der Waals surface area contributed by atoms with Gasteiger partial charge in [0, 0.05) is 29.2 Å². The molecule has 5 rings (SSSR count). The predicted octanol–water partition coefficient (Wildman–Crippen LogP) is 4.24. The monoisotopic (exact) mass is 421 g/mol. The van der Waals surface area contributed by atoms with Crippen LogP contribution in [0.2, 0.25) is 0 Å². The number of nitrogens with one attached hydrogen (secondary N) is 2. The topological polar surface area (TPSA) is 92.7 Å². The minimum absolute atomic E-state index is 0.223. The lowest BCUT2D eigenvalue weighted by atomic mass is 10.0. The first-order chi connectivity index (χ1) is 15.6. The zero-order chi connectivity index (χ0) is 22.1. The molecule has 1 amide bonds. The molecule has 3 aromatic carbocycles. The van der Waals surface area contributed by atoms with E-state index in [2.05, 4.69) is 20.6 Å². The molecule has 5 aromatic rings. The van der Waals surface area contributed by atoms with Gasteiger partial charge in [-0.15, -0.1) is 0 Å². The third-order valence-corrected chi connectivity index (χ3v) is 5.34. The first kappa shape index (κ1) is 19.4. The van der Waals surface area contributed by atoms with E-state index in [0.29, 0.717) is 22.3 Å². The summed E-state index contributed by atoms with van der Waals surface area (Å²) < 4.78 is 1.69. The number of H-pyrrole nitrogens is 1. The molecule has 0 atom stereocenters. The van der Waals surface area contributed by atoms with E-state index in [-0.39, 0.29) is 11.5 Å². The SMILES string of the molecule is Cn1ncc(C(=O)Nc2ccc(-c3n[nH]c(=O)c4ccccc34)cc2)c1-c1ccccc1. The quantitative estimate of drug-likeness (QED) is 0.454. The number of nitrogens with zero attached hydrogens (tertiary/aromatic N) is 3. The number of carbonyl (C=O) groups excluding carboxylic acids is 1. The number of aryl methyl sites for hydroxylation is 1. The number of fused-ring (bicyclic) bond motifs is 1. The van der Waals surface area contributed by atoms with Crippen molar-refractivity contribution < 1.29 is 4.79 Å². The number of aromatic amines is 1. The molecule has 0 radical (unpaired) electrons. The van der Waals surface area contributed by atoms with Gasteiger partial charge in [0.1, 0.15) is 0 Å². The van der Waals surface area contributed by atoms with Gasteiger partial charge < -0.3 is 5.32 Å². The molecule has 0 saturated heterocycles. The summed E-state index contributed by atoms with van der Waals surface area (Å²) in [6.07, 6.45) is 1.57. The van der Waals surface area contributed by atoms with Crippen molar-refractivity contribution in [2.75, 3.05) is 5.32 Å². The summed E-state index contributed by atoms with van der Waals surface area (Å²) >= 11 is 0. The Morgan fingerprint density at radius 1 is 0.875 bits per heavy atom. The fourth-order valence-corrected chi connectivity index (χ4v) is 3.79. The van der Waals surface area contributed by atoms with E-state index < -0.39 is 0 Å². The van der Waals surface area contributed by atoms with Crippen molar-refractivity contribution in [3.05, 3.63) is 101 Å². The maximum Gasteiger partial charge on any atom is 0.272 e. The van der Waals surface area contributed by atoms with E-state index >= 15 is 0 Å². The number of amides is 1. The average Bonchev–Trinajstić information content (AvgIpc) is 3.22. The fourth-order valence-electron chi connectivity index (χ4n) is 3.79. The molecule has 0 aliphatic heterocycles. The maximum atomic E-state index is 13.0. The van der Waals surface area contributed by atoms with Gasteiger partial charge in [-0.2, -0.15) is 10.2 Å². The van der Waals surface area contributed by atoms with Crippen molar-refractivity contribution in [2.45, 2.75) is 0 Å². The lowest BCUT2D eigenvalue weighted by Crippen LogP contribution is -2.13. The van der Waals surface area contributed by atoms with Gasteiger partial charge in [0.05, 0.1) is 28.5 Å². The molecule has 2 aromatic heterocycles. The average molecular weight is 421 g/mol. The third kappa shape index (κ3) is 3.45. The molecule has 2 heterocycles. The summed E-state index contributed by atoms with van der Waals surface area (Å²) in [4.78, 5) is 25.0. The molecule has 0 aliphatic rings. The summed E-state index contributed by atoms with van der Waals surface area (Å²) in [5.41, 5.74) is 4.11. The Labute approximate surface area is 183 Å². The van der Waals surface area contributed by atoms with Crippen LogP contribution in [0.3, 0.4) is 0 Å². The number of aromatic nitrogens is 4. The van der Waals surface area contributed by atoms with E-state index in [9.17, 15) is 9.59 Å². The first-order valence-corrected chi connectivity index (χ1v) is 10.1. The highest BCUT2D eigenvalue weighted by molar-refractivity contribution is 6.08. The summed E-state index contributed by atoms with van der Waals surface area (Å²) in [6, 6.07) is 24.4. The van der Waals surface area contributed by atoms with E-state index in [1.807, 2.05) is 79.8 Å². The van der Waals surface area contributed by atoms with E-state index in [4.69, 9.17) is 0 Å². The van der Waals surface area contributed by atoms with Crippen LogP contribution in [0.4, 0.5) is 5.69 Å². The highest BCUT2D eigenvalue weighted by Crippen LogP contribution is 2.27. The Morgan fingerprint density at radius 2 is 1.56 bits per heavy atom. The first-order valence-electron chi connectivity index (χ1n) is 10.1. The van der Waals surface area contributed by atoms with Crippen LogP contribution >= 0.6 is 0 Å². The molecule has 2 N–H and O–H groups in total. The number of rotatable bonds is 4. The summed E-state index contributed by atoms with van der Waals surface area (Å²) in [7, 11) is 1.81. The number of carbonyl (C=O) groups is 1. The van der Waals surface area contributed by atoms with Gasteiger partial charge in [0.15, 0.2) is 0 Å². The fraction of sp³-hybridized carbons (Fsp3) is 0.0400. The number of hydrogen-bond donors (Lipinski definition) is 2. The Balaban J connectivity index is 1.43. The largest absolute Gasteiger partial charge is 0.322 e. The van der Waals surface area contributed by atoms with Crippen molar-refractivity contribution in [3.8, 4) is 22.5 Å². The van der Waals surface area contributed by atoms with Crippen LogP contribution in [0, 0.1) is 0 Å². The molecule has 32 heavy (non-hydrogen) atoms. The normalized spacial score (nSPS) is 10.9. The Kier molecular flexibility index (Phi) is 4.84. The summed E-state index contributed by atoms with van der Waals surface area (Å²) in [5.74, 6) is -0.239. The summed E-state index contributed by atoms with van der Waals surface area (Å²) in [6.45, 7) is 0. The zero-order valence-corrected chi connectivity index (χ0v) is 17.2. The van der Waals surface area contributed by atoms with Crippen LogP contribution in [-0.2, 0) is 7.05 Å². The Bertz CT molecular complexity index is 1480. The second kappa shape index (κ2) is 7.96. The van der Waals surface area contributed by atoms with Gasteiger partial charge in [-0.1, -0.05) is 60.7 Å². The van der Waals surface area contributed by atoms with Crippen molar-refractivity contribution >= 4 is 22.4 Å². The minimum atomic E-state index is -0.239. The van der Waals surface area contributed by atoms with Gasteiger partial charge in [-0.25, -0.2) is 5.10 Å². The van der Waals surface area contributed by atoms with Crippen molar-refractivity contribution in [1.29, 1.82) is 0 Å². The van der Waals surface area contributed by atoms with Crippen LogP contribution in [-0.4, -0.2) is 25.9 Å². The molecular weight excluding hydrogens is 402 g/mol. The van der Waals surface area contributed by atoms with Gasteiger partial charge in [0.25, 0.3) is 11.5 Å². The highest BCUT2D eigenvalue weighted by atomic mass is 16.1. The zero-order valence-electron chi connectivity index (χ0n) is 17.2. The minimum Gasteiger partial charge on any atom is -0.322 e. The smallest absolute Gasteiger partial charge is 0.272 e. The lowest BCUT2D eigenvalue weighted by molar-refractivity contribution is 0.102. The van der Waals surface area contributed by atoms with Crippen LogP contribution in [0.1, 0.15) is 10.4 Å². The molecule has 7 heteroatoms. The molecule has 0 bridgehead atoms. The second-order valence-electron chi connectivity index (χ2n) is 7.37. The molecule has 0 fully saturated rings. The highest BCUT2D eigenvalue weighted by Gasteiger charge is 2.18. The van der Waals surface area contributed by atoms with Crippen LogP contribution in [0.25, 0.3) is 33.3 Å². The lowest BCUT2D eigenvalue weighted by Gasteiger charge is -2.09. The van der Waals surface area contributed by atoms with Crippen LogP contribution < -0.4 is 10.9 Å². The molecule has 7 nitrogen and oxygen atoms in total. The van der Waals surface area contributed by atoms with Gasteiger partial charge in [0.2, 0.25) is 0 Å². The van der Waals surface area contributed by atoms with Crippen molar-refractivity contribution in [2.24, 2.45) is 7.05 Å². The van der Waals surface area contributed by atoms with Gasteiger partial charge in [-0.05, 0) is 18.2 Å². The predicted molar refractivity (Wildman–Crippen MR) is 124 cm³/mol. The van der Waals surface area contributed by atoms with E-state index in [0.717, 1.165) is 22.2 Å². The molecule has 156 valence electrons. The maximum absolute atomic E-state index is 13.0. The van der Waals surface area contributed by atoms with E-state index in [1.54, 1.807) is 16.9 Å².